The van der Waals surface area contributed by atoms with E-state index in [9.17, 15) is 4.79 Å². The van der Waals surface area contributed by atoms with Gasteiger partial charge in [-0.25, -0.2) is 0 Å². The first-order valence-corrected chi connectivity index (χ1v) is 9.22. The number of carbonyl (C=O) groups excluding carboxylic acids is 1. The molecule has 0 aliphatic carbocycles. The lowest BCUT2D eigenvalue weighted by molar-refractivity contribution is 0.102. The summed E-state index contributed by atoms with van der Waals surface area (Å²) in [5, 5.41) is 12.3. The highest BCUT2D eigenvalue weighted by atomic mass is 32.2. The van der Waals surface area contributed by atoms with Crippen LogP contribution in [0.25, 0.3) is 5.69 Å². The van der Waals surface area contributed by atoms with Gasteiger partial charge in [-0.2, -0.15) is 4.68 Å². The predicted molar refractivity (Wildman–Crippen MR) is 94.4 cm³/mol. The Morgan fingerprint density at radius 2 is 2.12 bits per heavy atom. The summed E-state index contributed by atoms with van der Waals surface area (Å²) in [6.45, 7) is 4.46. The smallest absolute Gasteiger partial charge is 0.214 e. The number of thioether (sulfide) groups is 1. The van der Waals surface area contributed by atoms with Crippen LogP contribution in [0, 0.1) is 6.92 Å². The zero-order valence-electron chi connectivity index (χ0n) is 13.3. The van der Waals surface area contributed by atoms with Gasteiger partial charge in [0, 0.05) is 4.88 Å². The van der Waals surface area contributed by atoms with Crippen molar-refractivity contribution >= 4 is 28.9 Å². The molecule has 3 rings (SSSR count). The molecule has 0 atom stereocenters. The van der Waals surface area contributed by atoms with E-state index in [0.717, 1.165) is 15.4 Å². The lowest BCUT2D eigenvalue weighted by Gasteiger charge is -2.10. The van der Waals surface area contributed by atoms with Crippen LogP contribution in [0.3, 0.4) is 0 Å². The molecule has 0 N–H and O–H groups in total. The Kier molecular flexibility index (Phi) is 5.27. The fourth-order valence-corrected chi connectivity index (χ4v) is 3.78. The molecule has 0 fully saturated rings. The number of para-hydroxylation sites is 2. The zero-order chi connectivity index (χ0) is 16.9. The van der Waals surface area contributed by atoms with E-state index < -0.39 is 0 Å². The average Bonchev–Trinajstić information content (AvgIpc) is 3.22. The van der Waals surface area contributed by atoms with E-state index in [-0.39, 0.29) is 11.5 Å². The third-order valence-corrected chi connectivity index (χ3v) is 5.14. The molecule has 124 valence electrons. The monoisotopic (exact) mass is 360 g/mol. The number of carbonyl (C=O) groups is 1. The molecule has 0 saturated heterocycles. The number of ether oxygens (including phenoxy) is 1. The number of aryl methyl sites for hydroxylation is 1. The van der Waals surface area contributed by atoms with Gasteiger partial charge in [-0.1, -0.05) is 23.9 Å². The van der Waals surface area contributed by atoms with Crippen molar-refractivity contribution < 1.29 is 9.53 Å². The molecule has 0 unspecified atom stereocenters. The highest BCUT2D eigenvalue weighted by Gasteiger charge is 2.16. The van der Waals surface area contributed by atoms with Gasteiger partial charge < -0.3 is 4.74 Å². The van der Waals surface area contributed by atoms with Crippen LogP contribution in [0.15, 0.2) is 41.6 Å². The van der Waals surface area contributed by atoms with E-state index in [1.807, 2.05) is 50.2 Å². The predicted octanol–water partition coefficient (Wildman–Crippen LogP) is 3.41. The molecule has 0 aliphatic heterocycles. The second-order valence-electron chi connectivity index (χ2n) is 4.90. The van der Waals surface area contributed by atoms with Crippen molar-refractivity contribution in [3.63, 3.8) is 0 Å². The minimum atomic E-state index is 0.0748. The molecular formula is C16H16N4O2S2. The van der Waals surface area contributed by atoms with E-state index in [2.05, 4.69) is 15.5 Å². The van der Waals surface area contributed by atoms with Gasteiger partial charge in [0.05, 0.1) is 17.2 Å². The second-order valence-corrected chi connectivity index (χ2v) is 7.13. The Labute approximate surface area is 147 Å². The molecule has 8 heteroatoms. The molecule has 6 nitrogen and oxygen atoms in total. The molecule has 2 heterocycles. The van der Waals surface area contributed by atoms with E-state index in [1.165, 1.54) is 23.1 Å². The van der Waals surface area contributed by atoms with Crippen molar-refractivity contribution in [1.82, 2.24) is 20.2 Å². The fourth-order valence-electron chi connectivity index (χ4n) is 2.12. The molecule has 0 amide bonds. The lowest BCUT2D eigenvalue weighted by atomic mass is 10.3. The number of hydrogen-bond acceptors (Lipinski definition) is 7. The Morgan fingerprint density at radius 1 is 1.29 bits per heavy atom. The Hall–Kier alpha value is -2.19. The van der Waals surface area contributed by atoms with E-state index in [4.69, 9.17) is 4.74 Å². The summed E-state index contributed by atoms with van der Waals surface area (Å²) >= 11 is 2.82. The summed E-state index contributed by atoms with van der Waals surface area (Å²) in [5.41, 5.74) is 0.756. The van der Waals surface area contributed by atoms with Gasteiger partial charge >= 0.3 is 0 Å². The molecule has 0 bridgehead atoms. The molecule has 2 aromatic heterocycles. The Bertz CT molecular complexity index is 844. The Morgan fingerprint density at radius 3 is 2.88 bits per heavy atom. The Balaban J connectivity index is 1.77. The standard InChI is InChI=1S/C16H16N4O2S2/c1-3-22-14-7-5-4-6-12(14)20-16(17-18-19-20)23-10-13(21)15-9-8-11(2)24-15/h4-9H,3,10H2,1-2H3. The first-order chi connectivity index (χ1) is 11.7. The number of ketones is 1. The SMILES string of the molecule is CCOc1ccccc1-n1nnnc1SCC(=O)c1ccc(C)s1. The summed E-state index contributed by atoms with van der Waals surface area (Å²) in [4.78, 5) is 14.1. The third kappa shape index (κ3) is 3.65. The van der Waals surface area contributed by atoms with Gasteiger partial charge in [-0.3, -0.25) is 4.79 Å². The maximum atomic E-state index is 12.3. The van der Waals surface area contributed by atoms with Crippen molar-refractivity contribution in [3.8, 4) is 11.4 Å². The average molecular weight is 360 g/mol. The lowest BCUT2D eigenvalue weighted by Crippen LogP contribution is -2.05. The third-order valence-electron chi connectivity index (χ3n) is 3.18. The van der Waals surface area contributed by atoms with Crippen LogP contribution < -0.4 is 4.74 Å². The van der Waals surface area contributed by atoms with E-state index in [1.54, 1.807) is 4.68 Å². The van der Waals surface area contributed by atoms with Gasteiger partial charge in [0.2, 0.25) is 5.16 Å². The molecule has 24 heavy (non-hydrogen) atoms. The number of benzene rings is 1. The van der Waals surface area contributed by atoms with Crippen LogP contribution in [0.5, 0.6) is 5.75 Å². The summed E-state index contributed by atoms with van der Waals surface area (Å²) in [7, 11) is 0. The number of tetrazole rings is 1. The van der Waals surface area contributed by atoms with E-state index in [0.29, 0.717) is 17.5 Å². The first kappa shape index (κ1) is 16.7. The molecule has 3 aromatic rings. The fraction of sp³-hybridized carbons (Fsp3) is 0.250. The highest BCUT2D eigenvalue weighted by Crippen LogP contribution is 2.27. The van der Waals surface area contributed by atoms with Crippen molar-refractivity contribution in [3.05, 3.63) is 46.2 Å². The highest BCUT2D eigenvalue weighted by molar-refractivity contribution is 7.99. The maximum absolute atomic E-state index is 12.3. The van der Waals surface area contributed by atoms with Crippen LogP contribution in [-0.2, 0) is 0 Å². The van der Waals surface area contributed by atoms with E-state index >= 15 is 0 Å². The number of aromatic nitrogens is 4. The molecule has 0 saturated carbocycles. The number of thiophene rings is 1. The van der Waals surface area contributed by atoms with Crippen molar-refractivity contribution in [1.29, 1.82) is 0 Å². The largest absolute Gasteiger partial charge is 0.492 e. The molecular weight excluding hydrogens is 344 g/mol. The summed E-state index contributed by atoms with van der Waals surface area (Å²) in [5.74, 6) is 1.07. The van der Waals surface area contributed by atoms with Gasteiger partial charge in [-0.05, 0) is 48.5 Å². The first-order valence-electron chi connectivity index (χ1n) is 7.42. The number of Topliss-reactive ketones (excluding diaryl/α,β-unsaturated/α-hetero) is 1. The van der Waals surface area contributed by atoms with Gasteiger partial charge in [0.25, 0.3) is 0 Å². The number of nitrogens with zero attached hydrogens (tertiary/aromatic N) is 4. The maximum Gasteiger partial charge on any atom is 0.214 e. The minimum absolute atomic E-state index is 0.0748. The number of hydrogen-bond donors (Lipinski definition) is 0. The summed E-state index contributed by atoms with van der Waals surface area (Å²) in [6.07, 6.45) is 0. The quantitative estimate of drug-likeness (QED) is 0.475. The summed E-state index contributed by atoms with van der Waals surface area (Å²) < 4.78 is 7.22. The van der Waals surface area contributed by atoms with Crippen molar-refractivity contribution in [2.24, 2.45) is 0 Å². The second kappa shape index (κ2) is 7.59. The minimum Gasteiger partial charge on any atom is -0.492 e. The van der Waals surface area contributed by atoms with Crippen LogP contribution in [-0.4, -0.2) is 38.4 Å². The molecule has 0 radical (unpaired) electrons. The number of rotatable bonds is 7. The molecule has 0 spiro atoms. The van der Waals surface area contributed by atoms with Gasteiger partial charge in [-0.15, -0.1) is 16.4 Å². The van der Waals surface area contributed by atoms with Crippen LogP contribution in [0.4, 0.5) is 0 Å². The van der Waals surface area contributed by atoms with Crippen molar-refractivity contribution in [2.45, 2.75) is 19.0 Å². The van der Waals surface area contributed by atoms with Crippen LogP contribution in [0.2, 0.25) is 0 Å². The van der Waals surface area contributed by atoms with Crippen LogP contribution in [0.1, 0.15) is 21.5 Å². The zero-order valence-corrected chi connectivity index (χ0v) is 14.9. The van der Waals surface area contributed by atoms with Gasteiger partial charge in [0.1, 0.15) is 11.4 Å². The van der Waals surface area contributed by atoms with Crippen LogP contribution >= 0.6 is 23.1 Å². The van der Waals surface area contributed by atoms with Crippen molar-refractivity contribution in [2.75, 3.05) is 12.4 Å². The molecule has 0 aliphatic rings. The van der Waals surface area contributed by atoms with Gasteiger partial charge in [0.15, 0.2) is 5.78 Å². The summed E-state index contributed by atoms with van der Waals surface area (Å²) in [6, 6.07) is 11.4. The molecule has 1 aromatic carbocycles. The normalized spacial score (nSPS) is 10.8. The topological polar surface area (TPSA) is 69.9 Å².